The van der Waals surface area contributed by atoms with Crippen LogP contribution < -0.4 is 5.32 Å². The molecule has 1 aliphatic heterocycles. The monoisotopic (exact) mass is 184 g/mol. The van der Waals surface area contributed by atoms with Gasteiger partial charge in [-0.3, -0.25) is 4.79 Å². The van der Waals surface area contributed by atoms with Crippen molar-refractivity contribution in [3.05, 3.63) is 0 Å². The first-order valence-electron chi connectivity index (χ1n) is 4.68. The zero-order chi connectivity index (χ0) is 9.84. The van der Waals surface area contributed by atoms with Crippen LogP contribution >= 0.6 is 0 Å². The summed E-state index contributed by atoms with van der Waals surface area (Å²) in [6.07, 6.45) is 0. The molecule has 0 aromatic heterocycles. The number of hydrogen-bond donors (Lipinski definition) is 1. The average molecular weight is 184 g/mol. The predicted molar refractivity (Wildman–Crippen MR) is 53.2 cm³/mol. The van der Waals surface area contributed by atoms with Gasteiger partial charge in [-0.25, -0.2) is 0 Å². The number of rotatable bonds is 2. The lowest BCUT2D eigenvalue weighted by atomic mass is 9.86. The third-order valence-corrected chi connectivity index (χ3v) is 2.55. The number of nitrogens with zero attached hydrogens (tertiary/aromatic N) is 1. The Kier molecular flexibility index (Phi) is 3.75. The molecule has 0 spiro atoms. The van der Waals surface area contributed by atoms with Crippen LogP contribution in [0.3, 0.4) is 0 Å². The fraction of sp³-hybridized carbons (Fsp3) is 0.875. The Hall–Kier alpha value is -0.545. The number of methoxy groups -OCH3 is 1. The molecular weight excluding hydrogens is 167 g/mol. The maximum Gasteiger partial charge on any atom is 0.341 e. The number of ether oxygens (including phenoxy) is 1. The zero-order valence-electron chi connectivity index (χ0n) is 8.54. The molecule has 1 aliphatic rings. The Morgan fingerprint density at radius 1 is 1.46 bits per heavy atom. The molecule has 1 fully saturated rings. The van der Waals surface area contributed by atoms with Gasteiger partial charge in [-0.1, -0.05) is 0 Å². The summed E-state index contributed by atoms with van der Waals surface area (Å²) in [5.41, 5.74) is 0. The Bertz CT molecular complexity index is 179. The van der Waals surface area contributed by atoms with Crippen LogP contribution in [0, 0.1) is 0 Å². The van der Waals surface area contributed by atoms with E-state index < -0.39 is 0 Å². The van der Waals surface area contributed by atoms with E-state index in [9.17, 15) is 4.79 Å². The normalized spacial score (nSPS) is 29.8. The van der Waals surface area contributed by atoms with Gasteiger partial charge in [0.25, 0.3) is 5.87 Å². The maximum atomic E-state index is 11.1. The molecule has 0 bridgehead atoms. The Morgan fingerprint density at radius 3 is 2.46 bits per heavy atom. The largest absolute Gasteiger partial charge is 0.476 e. The van der Waals surface area contributed by atoms with Crippen LogP contribution in [0.5, 0.6) is 0 Å². The molecule has 0 unspecified atom stereocenters. The van der Waals surface area contributed by atoms with Crippen LogP contribution in [0.15, 0.2) is 0 Å². The van der Waals surface area contributed by atoms with E-state index in [0.717, 1.165) is 13.1 Å². The molecule has 74 valence electrons. The highest BCUT2D eigenvalue weighted by atomic mass is 16.5. The van der Waals surface area contributed by atoms with Gasteiger partial charge >= 0.3 is 7.41 Å². The minimum atomic E-state index is -0.152. The minimum absolute atomic E-state index is 0.152. The molecule has 2 atom stereocenters. The van der Waals surface area contributed by atoms with Gasteiger partial charge in [0.15, 0.2) is 0 Å². The van der Waals surface area contributed by atoms with Gasteiger partial charge in [-0.15, -0.1) is 0 Å². The van der Waals surface area contributed by atoms with Gasteiger partial charge < -0.3 is 14.9 Å². The molecule has 0 radical (unpaired) electrons. The van der Waals surface area contributed by atoms with Crippen molar-refractivity contribution < 1.29 is 9.53 Å². The van der Waals surface area contributed by atoms with Gasteiger partial charge in [0.2, 0.25) is 0 Å². The van der Waals surface area contributed by atoms with Gasteiger partial charge in [0, 0.05) is 25.2 Å². The quantitative estimate of drug-likeness (QED) is 0.602. The highest BCUT2D eigenvalue weighted by Gasteiger charge is 2.27. The molecule has 0 aliphatic carbocycles. The van der Waals surface area contributed by atoms with Gasteiger partial charge in [-0.2, -0.15) is 0 Å². The van der Waals surface area contributed by atoms with E-state index in [-0.39, 0.29) is 5.87 Å². The van der Waals surface area contributed by atoms with E-state index in [4.69, 9.17) is 0 Å². The van der Waals surface area contributed by atoms with Gasteiger partial charge in [0.05, 0.1) is 7.11 Å². The summed E-state index contributed by atoms with van der Waals surface area (Å²) >= 11 is 0. The molecule has 13 heavy (non-hydrogen) atoms. The van der Waals surface area contributed by atoms with Crippen molar-refractivity contribution >= 4 is 13.3 Å². The first-order chi connectivity index (χ1) is 6.15. The van der Waals surface area contributed by atoms with Crippen molar-refractivity contribution in [1.82, 2.24) is 10.1 Å². The molecule has 5 heteroatoms. The van der Waals surface area contributed by atoms with Gasteiger partial charge in [0.1, 0.15) is 0 Å². The van der Waals surface area contributed by atoms with E-state index in [1.54, 1.807) is 0 Å². The van der Waals surface area contributed by atoms with Crippen molar-refractivity contribution in [3.63, 3.8) is 0 Å². The molecular formula is C8H17BN2O2. The molecule has 0 aromatic carbocycles. The summed E-state index contributed by atoms with van der Waals surface area (Å²) < 4.78 is 4.65. The lowest BCUT2D eigenvalue weighted by Gasteiger charge is -2.38. The van der Waals surface area contributed by atoms with E-state index in [0.29, 0.717) is 19.5 Å². The van der Waals surface area contributed by atoms with E-state index in [2.05, 4.69) is 28.7 Å². The second-order valence-corrected chi connectivity index (χ2v) is 3.60. The average Bonchev–Trinajstić information content (AvgIpc) is 2.11. The third-order valence-electron chi connectivity index (χ3n) is 2.55. The maximum absolute atomic E-state index is 11.1. The Morgan fingerprint density at radius 2 is 2.00 bits per heavy atom. The van der Waals surface area contributed by atoms with E-state index in [1.165, 1.54) is 7.11 Å². The lowest BCUT2D eigenvalue weighted by molar-refractivity contribution is 0.184. The molecule has 1 rings (SSSR count). The molecule has 1 heterocycles. The topological polar surface area (TPSA) is 41.6 Å². The fourth-order valence-electron chi connectivity index (χ4n) is 1.70. The lowest BCUT2D eigenvalue weighted by Crippen LogP contribution is -2.57. The number of carbonyl (C=O) groups is 1. The fourth-order valence-corrected chi connectivity index (χ4v) is 1.70. The van der Waals surface area contributed by atoms with E-state index >= 15 is 0 Å². The SMILES string of the molecule is COC(=O)BN1[C@H](C)CNC[C@@H]1C. The van der Waals surface area contributed by atoms with Crippen LogP contribution in [0.2, 0.25) is 0 Å². The number of piperazine rings is 1. The van der Waals surface area contributed by atoms with Crippen molar-refractivity contribution in [2.24, 2.45) is 0 Å². The number of nitrogens with one attached hydrogen (secondary N) is 1. The highest BCUT2D eigenvalue weighted by Crippen LogP contribution is 2.07. The van der Waals surface area contributed by atoms with Crippen LogP contribution in [-0.4, -0.2) is 50.4 Å². The molecule has 0 aromatic rings. The minimum Gasteiger partial charge on any atom is -0.476 e. The van der Waals surface area contributed by atoms with Crippen molar-refractivity contribution in [3.8, 4) is 0 Å². The van der Waals surface area contributed by atoms with Crippen molar-refractivity contribution in [2.75, 3.05) is 20.2 Å². The van der Waals surface area contributed by atoms with Gasteiger partial charge in [-0.05, 0) is 13.8 Å². The van der Waals surface area contributed by atoms with E-state index in [1.807, 2.05) is 0 Å². The number of carbonyl (C=O) groups excluding carboxylic acids is 1. The summed E-state index contributed by atoms with van der Waals surface area (Å²) in [6, 6.07) is 0.811. The van der Waals surface area contributed by atoms with Crippen LogP contribution in [-0.2, 0) is 4.74 Å². The van der Waals surface area contributed by atoms with Crippen LogP contribution in [0.25, 0.3) is 0 Å². The van der Waals surface area contributed by atoms with Crippen LogP contribution in [0.4, 0.5) is 4.79 Å². The second-order valence-electron chi connectivity index (χ2n) is 3.60. The summed E-state index contributed by atoms with van der Waals surface area (Å²) in [5, 5.41) is 3.31. The molecule has 4 nitrogen and oxygen atoms in total. The van der Waals surface area contributed by atoms with Crippen molar-refractivity contribution in [2.45, 2.75) is 25.9 Å². The third kappa shape index (κ3) is 2.71. The molecule has 1 N–H and O–H groups in total. The molecule has 0 saturated carbocycles. The standard InChI is InChI=1S/C8H17BN2O2/c1-6-4-10-5-7(2)11(6)9-8(12)13-3/h6-7,9-10H,4-5H2,1-3H3/t6-,7+. The predicted octanol–water partition coefficient (Wildman–Crippen LogP) is -0.214. The smallest absolute Gasteiger partial charge is 0.341 e. The number of hydrogen-bond acceptors (Lipinski definition) is 4. The van der Waals surface area contributed by atoms with Crippen molar-refractivity contribution in [1.29, 1.82) is 0 Å². The molecule has 0 amide bonds. The summed E-state index contributed by atoms with van der Waals surface area (Å²) in [6.45, 7) is 6.12. The highest BCUT2D eigenvalue weighted by molar-refractivity contribution is 6.69. The summed E-state index contributed by atoms with van der Waals surface area (Å²) in [7, 11) is 1.83. The zero-order valence-corrected chi connectivity index (χ0v) is 8.54. The summed E-state index contributed by atoms with van der Waals surface area (Å²) in [5.74, 6) is -0.152. The molecule has 1 saturated heterocycles. The second kappa shape index (κ2) is 4.62. The summed E-state index contributed by atoms with van der Waals surface area (Å²) in [4.78, 5) is 13.3. The Balaban J connectivity index is 2.48. The van der Waals surface area contributed by atoms with Crippen LogP contribution in [0.1, 0.15) is 13.8 Å². The Labute approximate surface area is 79.9 Å². The first-order valence-corrected chi connectivity index (χ1v) is 4.68. The first kappa shape index (κ1) is 10.5.